The number of nitrogens with zero attached hydrogens (tertiary/aromatic N) is 2. The number of nitrogens with one attached hydrogen (secondary N) is 1. The molecule has 0 bridgehead atoms. The zero-order chi connectivity index (χ0) is 20.1. The lowest BCUT2D eigenvalue weighted by molar-refractivity contribution is 0.0693. The number of piperidine rings is 1. The van der Waals surface area contributed by atoms with Crippen LogP contribution < -0.4 is 9.46 Å². The van der Waals surface area contributed by atoms with Crippen LogP contribution in [0.5, 0.6) is 5.75 Å². The van der Waals surface area contributed by atoms with Gasteiger partial charge < -0.3 is 9.64 Å². The summed E-state index contributed by atoms with van der Waals surface area (Å²) >= 11 is 0. The normalized spacial score (nSPS) is 15.4. The minimum Gasteiger partial charge on any atom is -0.496 e. The van der Waals surface area contributed by atoms with Crippen LogP contribution in [0.2, 0.25) is 0 Å². The molecular formula is C20H25N3O4S. The molecule has 150 valence electrons. The van der Waals surface area contributed by atoms with Gasteiger partial charge in [0.05, 0.1) is 29.8 Å². The van der Waals surface area contributed by atoms with Gasteiger partial charge in [-0.05, 0) is 49.1 Å². The third-order valence-corrected chi connectivity index (χ3v) is 6.35. The van der Waals surface area contributed by atoms with Crippen LogP contribution in [-0.4, -0.2) is 44.4 Å². The highest BCUT2D eigenvalue weighted by Crippen LogP contribution is 2.26. The summed E-state index contributed by atoms with van der Waals surface area (Å²) in [4.78, 5) is 18.9. The molecule has 0 spiro atoms. The van der Waals surface area contributed by atoms with Gasteiger partial charge >= 0.3 is 0 Å². The van der Waals surface area contributed by atoms with Crippen molar-refractivity contribution in [1.82, 2.24) is 14.6 Å². The van der Waals surface area contributed by atoms with Crippen molar-refractivity contribution in [2.75, 3.05) is 20.2 Å². The highest BCUT2D eigenvalue weighted by molar-refractivity contribution is 7.89. The summed E-state index contributed by atoms with van der Waals surface area (Å²) in [5.41, 5.74) is 0.871. The van der Waals surface area contributed by atoms with Gasteiger partial charge in [-0.2, -0.15) is 0 Å². The molecule has 0 radical (unpaired) electrons. The van der Waals surface area contributed by atoms with Gasteiger partial charge in [0.1, 0.15) is 5.75 Å². The molecule has 1 amide bonds. The van der Waals surface area contributed by atoms with Gasteiger partial charge in [-0.15, -0.1) is 0 Å². The van der Waals surface area contributed by atoms with Crippen LogP contribution in [0, 0.1) is 5.92 Å². The Morgan fingerprint density at radius 2 is 2.00 bits per heavy atom. The predicted octanol–water partition coefficient (Wildman–Crippen LogP) is 2.44. The van der Waals surface area contributed by atoms with Crippen LogP contribution in [0.15, 0.2) is 47.5 Å². The molecule has 1 aromatic heterocycles. The number of amides is 1. The average Bonchev–Trinajstić information content (AvgIpc) is 2.72. The molecule has 8 heteroatoms. The van der Waals surface area contributed by atoms with E-state index in [4.69, 9.17) is 4.74 Å². The average molecular weight is 404 g/mol. The minimum atomic E-state index is -3.80. The second kappa shape index (κ2) is 8.70. The molecule has 0 saturated carbocycles. The first-order valence-corrected chi connectivity index (χ1v) is 10.8. The fourth-order valence-electron chi connectivity index (χ4n) is 3.16. The number of carbonyl (C=O) groups is 1. The lowest BCUT2D eigenvalue weighted by Crippen LogP contribution is -2.38. The second-order valence-corrected chi connectivity index (χ2v) is 8.75. The summed E-state index contributed by atoms with van der Waals surface area (Å²) in [6.45, 7) is 3.57. The van der Waals surface area contributed by atoms with Crippen molar-refractivity contribution in [3.63, 3.8) is 0 Å². The van der Waals surface area contributed by atoms with Crippen molar-refractivity contribution in [3.8, 4) is 5.75 Å². The standard InChI is InChI=1S/C20H25N3O4S/c1-15-8-11-23(12-9-15)20(24)18-13-17(6-7-19(18)27-2)28(25,26)22-14-16-5-3-4-10-21-16/h3-7,10,13,15,22H,8-9,11-12,14H2,1-2H3. The number of hydrogen-bond donors (Lipinski definition) is 1. The molecule has 2 heterocycles. The molecule has 0 aliphatic carbocycles. The first-order chi connectivity index (χ1) is 13.4. The predicted molar refractivity (Wildman–Crippen MR) is 106 cm³/mol. The quantitative estimate of drug-likeness (QED) is 0.800. The minimum absolute atomic E-state index is 0.0259. The fourth-order valence-corrected chi connectivity index (χ4v) is 4.18. The van der Waals surface area contributed by atoms with Crippen LogP contribution in [0.25, 0.3) is 0 Å². The highest BCUT2D eigenvalue weighted by Gasteiger charge is 2.26. The van der Waals surface area contributed by atoms with Crippen molar-refractivity contribution in [3.05, 3.63) is 53.9 Å². The number of benzene rings is 1. The number of aromatic nitrogens is 1. The molecule has 7 nitrogen and oxygen atoms in total. The molecule has 1 aliphatic rings. The summed E-state index contributed by atoms with van der Waals surface area (Å²) in [6, 6.07) is 9.65. The first-order valence-electron chi connectivity index (χ1n) is 9.27. The largest absolute Gasteiger partial charge is 0.496 e. The summed E-state index contributed by atoms with van der Waals surface area (Å²) in [5.74, 6) is 0.756. The molecule has 1 aromatic carbocycles. The highest BCUT2D eigenvalue weighted by atomic mass is 32.2. The van der Waals surface area contributed by atoms with Crippen LogP contribution in [0.1, 0.15) is 35.8 Å². The maximum Gasteiger partial charge on any atom is 0.257 e. The van der Waals surface area contributed by atoms with Crippen LogP contribution in [0.4, 0.5) is 0 Å². The molecule has 1 aliphatic heterocycles. The molecule has 0 unspecified atom stereocenters. The number of hydrogen-bond acceptors (Lipinski definition) is 5. The van der Waals surface area contributed by atoms with E-state index < -0.39 is 10.0 Å². The fraction of sp³-hybridized carbons (Fsp3) is 0.400. The lowest BCUT2D eigenvalue weighted by atomic mass is 9.98. The Kier molecular flexibility index (Phi) is 6.31. The molecular weight excluding hydrogens is 378 g/mol. The van der Waals surface area contributed by atoms with E-state index in [2.05, 4.69) is 16.6 Å². The van der Waals surface area contributed by atoms with Gasteiger partial charge in [0.15, 0.2) is 0 Å². The Morgan fingerprint density at radius 1 is 1.25 bits per heavy atom. The molecule has 3 rings (SSSR count). The van der Waals surface area contributed by atoms with Gasteiger partial charge in [0, 0.05) is 19.3 Å². The molecule has 1 N–H and O–H groups in total. The Balaban J connectivity index is 1.82. The zero-order valence-corrected chi connectivity index (χ0v) is 16.9. The topological polar surface area (TPSA) is 88.6 Å². The van der Waals surface area contributed by atoms with Gasteiger partial charge in [0.25, 0.3) is 5.91 Å². The Morgan fingerprint density at radius 3 is 2.64 bits per heavy atom. The second-order valence-electron chi connectivity index (χ2n) is 6.98. The first kappa shape index (κ1) is 20.3. The number of ether oxygens (including phenoxy) is 1. The van der Waals surface area contributed by atoms with Crippen LogP contribution in [-0.2, 0) is 16.6 Å². The van der Waals surface area contributed by atoms with Gasteiger partial charge in [-0.3, -0.25) is 9.78 Å². The third kappa shape index (κ3) is 4.69. The maximum atomic E-state index is 13.0. The molecule has 0 atom stereocenters. The number of rotatable bonds is 6. The summed E-state index contributed by atoms with van der Waals surface area (Å²) in [5, 5.41) is 0. The molecule has 28 heavy (non-hydrogen) atoms. The van der Waals surface area contributed by atoms with E-state index in [0.717, 1.165) is 12.8 Å². The maximum absolute atomic E-state index is 13.0. The molecule has 1 fully saturated rings. The van der Waals surface area contributed by atoms with E-state index >= 15 is 0 Å². The van der Waals surface area contributed by atoms with Crippen molar-refractivity contribution >= 4 is 15.9 Å². The SMILES string of the molecule is COc1ccc(S(=O)(=O)NCc2ccccn2)cc1C(=O)N1CCC(C)CC1. The summed E-state index contributed by atoms with van der Waals surface area (Å²) < 4.78 is 33.2. The number of pyridine rings is 1. The molecule has 2 aromatic rings. The van der Waals surface area contributed by atoms with E-state index in [9.17, 15) is 13.2 Å². The summed E-state index contributed by atoms with van der Waals surface area (Å²) in [6.07, 6.45) is 3.49. The monoisotopic (exact) mass is 403 g/mol. The van der Waals surface area contributed by atoms with Gasteiger partial charge in [-0.25, -0.2) is 13.1 Å². The Labute approximate surface area is 165 Å². The summed E-state index contributed by atoms with van der Waals surface area (Å²) in [7, 11) is -2.33. The van der Waals surface area contributed by atoms with E-state index in [-0.39, 0.29) is 22.9 Å². The smallest absolute Gasteiger partial charge is 0.257 e. The van der Waals surface area contributed by atoms with E-state index in [1.54, 1.807) is 29.3 Å². The third-order valence-electron chi connectivity index (χ3n) is 4.95. The zero-order valence-electron chi connectivity index (χ0n) is 16.1. The number of carbonyl (C=O) groups excluding carboxylic acids is 1. The van der Waals surface area contributed by atoms with Gasteiger partial charge in [0.2, 0.25) is 10.0 Å². The number of likely N-dealkylation sites (tertiary alicyclic amines) is 1. The van der Waals surface area contributed by atoms with Crippen molar-refractivity contribution in [1.29, 1.82) is 0 Å². The van der Waals surface area contributed by atoms with Crippen LogP contribution in [0.3, 0.4) is 0 Å². The van der Waals surface area contributed by atoms with E-state index in [0.29, 0.717) is 30.5 Å². The van der Waals surface area contributed by atoms with Crippen molar-refractivity contribution in [2.24, 2.45) is 5.92 Å². The van der Waals surface area contributed by atoms with E-state index in [1.807, 2.05) is 0 Å². The lowest BCUT2D eigenvalue weighted by Gasteiger charge is -2.30. The number of sulfonamides is 1. The Bertz CT molecular complexity index is 924. The van der Waals surface area contributed by atoms with E-state index in [1.165, 1.54) is 25.3 Å². The Hall–Kier alpha value is -2.45. The molecule has 1 saturated heterocycles. The van der Waals surface area contributed by atoms with Crippen LogP contribution >= 0.6 is 0 Å². The van der Waals surface area contributed by atoms with Gasteiger partial charge in [-0.1, -0.05) is 13.0 Å². The van der Waals surface area contributed by atoms with Crippen molar-refractivity contribution < 1.29 is 17.9 Å². The van der Waals surface area contributed by atoms with Crippen molar-refractivity contribution in [2.45, 2.75) is 31.2 Å². The number of methoxy groups -OCH3 is 1.